The predicted octanol–water partition coefficient (Wildman–Crippen LogP) is 4.36. The van der Waals surface area contributed by atoms with E-state index in [0.29, 0.717) is 31.2 Å². The number of rotatable bonds is 8. The van der Waals surface area contributed by atoms with E-state index in [2.05, 4.69) is 35.6 Å². The van der Waals surface area contributed by atoms with Crippen LogP contribution in [0.3, 0.4) is 0 Å². The van der Waals surface area contributed by atoms with Gasteiger partial charge in [-0.05, 0) is 18.4 Å². The number of imidazole rings is 1. The molecule has 8 nitrogen and oxygen atoms in total. The second-order valence-electron chi connectivity index (χ2n) is 8.24. The van der Waals surface area contributed by atoms with Crippen LogP contribution in [0.25, 0.3) is 21.9 Å². The Morgan fingerprint density at radius 3 is 2.63 bits per heavy atom. The molecule has 0 atom stereocenters. The van der Waals surface area contributed by atoms with Crippen molar-refractivity contribution in [3.05, 3.63) is 30.1 Å². The van der Waals surface area contributed by atoms with Gasteiger partial charge in [0.15, 0.2) is 5.82 Å². The van der Waals surface area contributed by atoms with E-state index in [0.717, 1.165) is 28.8 Å². The summed E-state index contributed by atoms with van der Waals surface area (Å²) in [6, 6.07) is 7.85. The van der Waals surface area contributed by atoms with E-state index < -0.39 is 6.09 Å². The highest BCUT2D eigenvalue weighted by Gasteiger charge is 2.23. The van der Waals surface area contributed by atoms with Crippen LogP contribution < -0.4 is 5.32 Å². The molecule has 0 aliphatic carbocycles. The average molecular weight is 415 g/mol. The summed E-state index contributed by atoms with van der Waals surface area (Å²) in [5, 5.41) is 3.73. The Kier molecular flexibility index (Phi) is 6.89. The highest BCUT2D eigenvalue weighted by atomic mass is 16.6. The number of carbonyl (C=O) groups excluding carboxylic acids is 1. The molecule has 1 amide bonds. The maximum absolute atomic E-state index is 12.3. The number of amides is 1. The Balaban J connectivity index is 2.15. The lowest BCUT2D eigenvalue weighted by Gasteiger charge is -2.21. The van der Waals surface area contributed by atoms with Crippen molar-refractivity contribution < 1.29 is 19.0 Å². The van der Waals surface area contributed by atoms with Gasteiger partial charge in [-0.25, -0.2) is 14.8 Å². The summed E-state index contributed by atoms with van der Waals surface area (Å²) in [6.07, 6.45) is -0.590. The highest BCUT2D eigenvalue weighted by molar-refractivity contribution is 6.09. The number of benzene rings is 1. The number of pyridine rings is 1. The van der Waals surface area contributed by atoms with Gasteiger partial charge in [-0.3, -0.25) is 5.32 Å². The predicted molar refractivity (Wildman–Crippen MR) is 117 cm³/mol. The fourth-order valence-corrected chi connectivity index (χ4v) is 3.27. The first-order valence-corrected chi connectivity index (χ1v) is 10.1. The van der Waals surface area contributed by atoms with Gasteiger partial charge in [-0.1, -0.05) is 39.0 Å². The maximum Gasteiger partial charge on any atom is 0.412 e. The van der Waals surface area contributed by atoms with Crippen molar-refractivity contribution in [2.24, 2.45) is 5.41 Å². The first-order chi connectivity index (χ1) is 14.3. The van der Waals surface area contributed by atoms with Gasteiger partial charge >= 0.3 is 6.09 Å². The summed E-state index contributed by atoms with van der Waals surface area (Å²) >= 11 is 0. The molecule has 0 fully saturated rings. The van der Waals surface area contributed by atoms with Gasteiger partial charge in [0.1, 0.15) is 24.6 Å². The summed E-state index contributed by atoms with van der Waals surface area (Å²) in [7, 11) is 1.55. The zero-order chi connectivity index (χ0) is 21.7. The van der Waals surface area contributed by atoms with Gasteiger partial charge in [0, 0.05) is 25.6 Å². The minimum atomic E-state index is -0.590. The van der Waals surface area contributed by atoms with E-state index in [4.69, 9.17) is 19.2 Å². The van der Waals surface area contributed by atoms with Gasteiger partial charge in [0.05, 0.1) is 17.6 Å². The van der Waals surface area contributed by atoms with Crippen LogP contribution in [0, 0.1) is 5.41 Å². The molecular formula is C22H30N4O4. The van der Waals surface area contributed by atoms with Crippen molar-refractivity contribution in [2.45, 2.75) is 40.8 Å². The van der Waals surface area contributed by atoms with Crippen molar-refractivity contribution >= 4 is 33.8 Å². The topological polar surface area (TPSA) is 87.5 Å². The van der Waals surface area contributed by atoms with Gasteiger partial charge in [0.2, 0.25) is 0 Å². The van der Waals surface area contributed by atoms with Crippen LogP contribution in [0.4, 0.5) is 10.6 Å². The molecule has 30 heavy (non-hydrogen) atoms. The van der Waals surface area contributed by atoms with Crippen LogP contribution in [-0.4, -0.2) is 47.6 Å². The fraction of sp³-hybridized carbons (Fsp3) is 0.500. The van der Waals surface area contributed by atoms with Crippen molar-refractivity contribution in [3.63, 3.8) is 0 Å². The van der Waals surface area contributed by atoms with E-state index in [9.17, 15) is 4.79 Å². The first kappa shape index (κ1) is 22.0. The highest BCUT2D eigenvalue weighted by Crippen LogP contribution is 2.32. The Morgan fingerprint density at radius 1 is 1.17 bits per heavy atom. The molecule has 0 spiro atoms. The third-order valence-corrected chi connectivity index (χ3v) is 4.47. The van der Waals surface area contributed by atoms with E-state index >= 15 is 0 Å². The average Bonchev–Trinajstić information content (AvgIpc) is 3.04. The van der Waals surface area contributed by atoms with Crippen LogP contribution in [0.15, 0.2) is 24.3 Å². The quantitative estimate of drug-likeness (QED) is 0.551. The third kappa shape index (κ3) is 5.06. The lowest BCUT2D eigenvalue weighted by atomic mass is 9.96. The minimum absolute atomic E-state index is 0.0195. The molecule has 3 aromatic rings. The minimum Gasteiger partial charge on any atom is -0.447 e. The normalized spacial score (nSPS) is 11.9. The van der Waals surface area contributed by atoms with Crippen LogP contribution >= 0.6 is 0 Å². The van der Waals surface area contributed by atoms with Crippen molar-refractivity contribution in [1.82, 2.24) is 14.5 Å². The lowest BCUT2D eigenvalue weighted by Crippen LogP contribution is -2.18. The van der Waals surface area contributed by atoms with Crippen LogP contribution in [0.5, 0.6) is 0 Å². The number of nitrogens with zero attached hydrogens (tertiary/aromatic N) is 3. The third-order valence-electron chi connectivity index (χ3n) is 4.47. The summed E-state index contributed by atoms with van der Waals surface area (Å²) in [5.74, 6) is 1.17. The zero-order valence-corrected chi connectivity index (χ0v) is 18.3. The van der Waals surface area contributed by atoms with Gasteiger partial charge < -0.3 is 18.8 Å². The van der Waals surface area contributed by atoms with Crippen molar-refractivity contribution in [3.8, 4) is 0 Å². The van der Waals surface area contributed by atoms with Gasteiger partial charge in [0.25, 0.3) is 0 Å². The summed E-state index contributed by atoms with van der Waals surface area (Å²) in [5.41, 5.74) is 2.34. The largest absolute Gasteiger partial charge is 0.447 e. The molecule has 0 aliphatic heterocycles. The molecule has 2 aromatic heterocycles. The number of nitrogens with one attached hydrogen (secondary N) is 1. The summed E-state index contributed by atoms with van der Waals surface area (Å²) in [4.78, 5) is 21.7. The number of para-hydroxylation sites is 1. The molecule has 2 heterocycles. The molecule has 162 valence electrons. The zero-order valence-electron chi connectivity index (χ0n) is 18.3. The summed E-state index contributed by atoms with van der Waals surface area (Å²) in [6.45, 7) is 10.7. The molecule has 1 aromatic carbocycles. The van der Waals surface area contributed by atoms with E-state index in [1.807, 2.05) is 31.2 Å². The maximum atomic E-state index is 12.3. The number of aromatic nitrogens is 3. The van der Waals surface area contributed by atoms with Crippen LogP contribution in [0.2, 0.25) is 0 Å². The molecule has 1 N–H and O–H groups in total. The molecule has 0 aliphatic rings. The number of hydrogen-bond donors (Lipinski definition) is 1. The molecule has 8 heteroatoms. The smallest absolute Gasteiger partial charge is 0.412 e. The number of hydrogen-bond acceptors (Lipinski definition) is 6. The molecule has 0 unspecified atom stereocenters. The van der Waals surface area contributed by atoms with E-state index in [1.54, 1.807) is 7.11 Å². The Morgan fingerprint density at radius 2 is 1.93 bits per heavy atom. The molecule has 3 rings (SSSR count). The number of methoxy groups -OCH3 is 1. The van der Waals surface area contributed by atoms with E-state index in [-0.39, 0.29) is 12.0 Å². The molecule has 0 saturated heterocycles. The SMILES string of the molecule is CCOCc1nc2c(NC(=O)OCCOC)nc3ccccc3c2n1CC(C)(C)C. The van der Waals surface area contributed by atoms with Crippen LogP contribution in [0.1, 0.15) is 33.5 Å². The second-order valence-corrected chi connectivity index (χ2v) is 8.24. The Labute approximate surface area is 176 Å². The van der Waals surface area contributed by atoms with Gasteiger partial charge in [-0.15, -0.1) is 0 Å². The fourth-order valence-electron chi connectivity index (χ4n) is 3.27. The molecule has 0 saturated carbocycles. The van der Waals surface area contributed by atoms with Gasteiger partial charge in [-0.2, -0.15) is 0 Å². The Bertz CT molecular complexity index is 1020. The Hall–Kier alpha value is -2.71. The number of anilines is 1. The van der Waals surface area contributed by atoms with E-state index in [1.165, 1.54) is 0 Å². The number of ether oxygens (including phenoxy) is 3. The molecular weight excluding hydrogens is 384 g/mol. The van der Waals surface area contributed by atoms with Crippen molar-refractivity contribution in [1.29, 1.82) is 0 Å². The van der Waals surface area contributed by atoms with Crippen LogP contribution in [-0.2, 0) is 27.4 Å². The number of fused-ring (bicyclic) bond motifs is 3. The first-order valence-electron chi connectivity index (χ1n) is 10.1. The monoisotopic (exact) mass is 414 g/mol. The molecule has 0 radical (unpaired) electrons. The standard InChI is InChI=1S/C22H30N4O4/c1-6-29-13-17-24-18-19(26(17)14-22(2,3)4)15-9-7-8-10-16(15)23-20(18)25-21(27)30-12-11-28-5/h7-10H,6,11-14H2,1-5H3,(H,23,25,27). The van der Waals surface area contributed by atoms with Crippen molar-refractivity contribution in [2.75, 3.05) is 32.2 Å². The lowest BCUT2D eigenvalue weighted by molar-refractivity contribution is 0.107. The number of carbonyl (C=O) groups is 1. The molecule has 0 bridgehead atoms. The second kappa shape index (κ2) is 9.40. The summed E-state index contributed by atoms with van der Waals surface area (Å²) < 4.78 is 17.9.